The topological polar surface area (TPSA) is 62.3 Å². The van der Waals surface area contributed by atoms with E-state index in [2.05, 4.69) is 22.4 Å². The van der Waals surface area contributed by atoms with Crippen LogP contribution < -0.4 is 5.32 Å². The van der Waals surface area contributed by atoms with E-state index in [-0.39, 0.29) is 11.8 Å². The van der Waals surface area contributed by atoms with E-state index in [1.807, 2.05) is 30.3 Å². The van der Waals surface area contributed by atoms with Gasteiger partial charge in [0, 0.05) is 32.5 Å². The predicted molar refractivity (Wildman–Crippen MR) is 107 cm³/mol. The van der Waals surface area contributed by atoms with Crippen LogP contribution in [0, 0.1) is 5.41 Å². The van der Waals surface area contributed by atoms with Crippen LogP contribution in [0.15, 0.2) is 54.9 Å². The normalized spacial score (nSPS) is 11.1. The summed E-state index contributed by atoms with van der Waals surface area (Å²) in [5.41, 5.74) is 1.28. The van der Waals surface area contributed by atoms with Gasteiger partial charge in [0.15, 0.2) is 0 Å². The van der Waals surface area contributed by atoms with E-state index in [0.717, 1.165) is 24.8 Å². The van der Waals surface area contributed by atoms with Gasteiger partial charge in [0.25, 0.3) is 0 Å². The first-order valence-corrected chi connectivity index (χ1v) is 9.38. The largest absolute Gasteiger partial charge is 0.355 e. The van der Waals surface area contributed by atoms with E-state index < -0.39 is 5.41 Å². The Morgan fingerprint density at radius 1 is 1.00 bits per heavy atom. The molecule has 5 nitrogen and oxygen atoms in total. The van der Waals surface area contributed by atoms with Crippen LogP contribution in [0.4, 0.5) is 0 Å². The van der Waals surface area contributed by atoms with Crippen molar-refractivity contribution in [3.8, 4) is 0 Å². The van der Waals surface area contributed by atoms with Crippen LogP contribution >= 0.6 is 0 Å². The first kappa shape index (κ1) is 20.6. The first-order chi connectivity index (χ1) is 12.9. The van der Waals surface area contributed by atoms with Crippen LogP contribution in [0.25, 0.3) is 0 Å². The van der Waals surface area contributed by atoms with Crippen LogP contribution in [0.5, 0.6) is 0 Å². The number of hydrogen-bond donors (Lipinski definition) is 1. The Morgan fingerprint density at radius 3 is 2.30 bits per heavy atom. The van der Waals surface area contributed by atoms with Crippen molar-refractivity contribution in [3.05, 3.63) is 66.0 Å². The summed E-state index contributed by atoms with van der Waals surface area (Å²) in [5.74, 6) is -0.395. The Kier molecular flexibility index (Phi) is 7.53. The molecule has 0 fully saturated rings. The number of benzene rings is 1. The van der Waals surface area contributed by atoms with Gasteiger partial charge in [-0.2, -0.15) is 0 Å². The average molecular weight is 367 g/mol. The molecule has 144 valence electrons. The number of likely N-dealkylation sites (N-methyl/N-ethyl adjacent to an activating group) is 1. The molecule has 0 saturated carbocycles. The molecule has 5 heteroatoms. The van der Waals surface area contributed by atoms with E-state index in [1.165, 1.54) is 5.56 Å². The molecule has 0 saturated heterocycles. The maximum atomic E-state index is 12.7. The highest BCUT2D eigenvalue weighted by Crippen LogP contribution is 2.19. The molecule has 2 aromatic rings. The van der Waals surface area contributed by atoms with Crippen LogP contribution in [-0.2, 0) is 22.4 Å². The standard InChI is InChI=1S/C22H29N3O2/c1-22(2,20(26)24-14-7-10-18-8-5-4-6-9-18)21(27)25(3)17-13-19-11-15-23-16-12-19/h4-6,8-9,11-12,15-16H,7,10,13-14,17H2,1-3H3,(H,24,26). The van der Waals surface area contributed by atoms with Crippen molar-refractivity contribution in [1.82, 2.24) is 15.2 Å². The highest BCUT2D eigenvalue weighted by molar-refractivity contribution is 6.04. The number of carbonyl (C=O) groups is 2. The summed E-state index contributed by atoms with van der Waals surface area (Å²) in [7, 11) is 1.74. The molecule has 0 aliphatic rings. The molecule has 0 radical (unpaired) electrons. The smallest absolute Gasteiger partial charge is 0.237 e. The molecule has 0 aliphatic heterocycles. The van der Waals surface area contributed by atoms with Crippen LogP contribution in [0.3, 0.4) is 0 Å². The highest BCUT2D eigenvalue weighted by atomic mass is 16.2. The lowest BCUT2D eigenvalue weighted by Gasteiger charge is -2.28. The molecule has 1 aromatic carbocycles. The summed E-state index contributed by atoms with van der Waals surface area (Å²) in [6.45, 7) is 4.49. The number of aromatic nitrogens is 1. The fourth-order valence-electron chi connectivity index (χ4n) is 2.88. The zero-order chi connectivity index (χ0) is 19.7. The van der Waals surface area contributed by atoms with Gasteiger partial charge >= 0.3 is 0 Å². The molecular formula is C22H29N3O2. The average Bonchev–Trinajstić information content (AvgIpc) is 2.70. The van der Waals surface area contributed by atoms with Crippen LogP contribution in [0.1, 0.15) is 31.4 Å². The quantitative estimate of drug-likeness (QED) is 0.548. The second-order valence-corrected chi connectivity index (χ2v) is 7.30. The monoisotopic (exact) mass is 367 g/mol. The van der Waals surface area contributed by atoms with E-state index in [9.17, 15) is 9.59 Å². The summed E-state index contributed by atoms with van der Waals surface area (Å²) < 4.78 is 0. The molecule has 1 heterocycles. The fraction of sp³-hybridized carbons (Fsp3) is 0.409. The van der Waals surface area contributed by atoms with Gasteiger partial charge in [0.1, 0.15) is 5.41 Å². The second kappa shape index (κ2) is 9.86. The van der Waals surface area contributed by atoms with Crippen molar-refractivity contribution >= 4 is 11.8 Å². The lowest BCUT2D eigenvalue weighted by atomic mass is 9.90. The molecule has 1 N–H and O–H groups in total. The first-order valence-electron chi connectivity index (χ1n) is 9.38. The molecule has 0 atom stereocenters. The number of pyridine rings is 1. The van der Waals surface area contributed by atoms with Crippen molar-refractivity contribution < 1.29 is 9.59 Å². The Balaban J connectivity index is 1.78. The zero-order valence-corrected chi connectivity index (χ0v) is 16.4. The summed E-state index contributed by atoms with van der Waals surface area (Å²) in [5, 5.41) is 2.91. The number of rotatable bonds is 9. The lowest BCUT2D eigenvalue weighted by Crippen LogP contribution is -2.49. The number of carbonyl (C=O) groups excluding carboxylic acids is 2. The van der Waals surface area contributed by atoms with E-state index >= 15 is 0 Å². The maximum absolute atomic E-state index is 12.7. The van der Waals surface area contributed by atoms with Gasteiger partial charge in [-0.1, -0.05) is 30.3 Å². The fourth-order valence-corrected chi connectivity index (χ4v) is 2.88. The van der Waals surface area contributed by atoms with Crippen molar-refractivity contribution in [2.24, 2.45) is 5.41 Å². The van der Waals surface area contributed by atoms with E-state index in [4.69, 9.17) is 0 Å². The van der Waals surface area contributed by atoms with E-state index in [1.54, 1.807) is 38.2 Å². The molecule has 2 rings (SSSR count). The lowest BCUT2D eigenvalue weighted by molar-refractivity contribution is -0.147. The number of aryl methyl sites for hydroxylation is 1. The SMILES string of the molecule is CN(CCc1ccncc1)C(=O)C(C)(C)C(=O)NCCCc1ccccc1. The van der Waals surface area contributed by atoms with Gasteiger partial charge in [-0.3, -0.25) is 14.6 Å². The third-order valence-corrected chi connectivity index (χ3v) is 4.70. The van der Waals surface area contributed by atoms with Gasteiger partial charge in [-0.15, -0.1) is 0 Å². The third kappa shape index (κ3) is 6.20. The predicted octanol–water partition coefficient (Wildman–Crippen LogP) is 2.86. The Morgan fingerprint density at radius 2 is 1.63 bits per heavy atom. The highest BCUT2D eigenvalue weighted by Gasteiger charge is 2.37. The van der Waals surface area contributed by atoms with Gasteiger partial charge in [0.2, 0.25) is 11.8 Å². The molecule has 2 amide bonds. The van der Waals surface area contributed by atoms with Crippen molar-refractivity contribution in [3.63, 3.8) is 0 Å². The molecule has 1 aromatic heterocycles. The van der Waals surface area contributed by atoms with Crippen molar-refractivity contribution in [2.75, 3.05) is 20.1 Å². The van der Waals surface area contributed by atoms with E-state index in [0.29, 0.717) is 13.1 Å². The van der Waals surface area contributed by atoms with Crippen LogP contribution in [-0.4, -0.2) is 41.8 Å². The Hall–Kier alpha value is -2.69. The van der Waals surface area contributed by atoms with Crippen LogP contribution in [0.2, 0.25) is 0 Å². The Bertz CT molecular complexity index is 730. The second-order valence-electron chi connectivity index (χ2n) is 7.30. The third-order valence-electron chi connectivity index (χ3n) is 4.70. The molecular weight excluding hydrogens is 338 g/mol. The number of nitrogens with zero attached hydrogens (tertiary/aromatic N) is 2. The molecule has 0 unspecified atom stereocenters. The molecule has 0 aliphatic carbocycles. The van der Waals surface area contributed by atoms with Gasteiger partial charge in [0.05, 0.1) is 0 Å². The minimum atomic E-state index is -1.08. The number of nitrogens with one attached hydrogen (secondary N) is 1. The number of amides is 2. The summed E-state index contributed by atoms with van der Waals surface area (Å²) in [4.78, 5) is 30.9. The minimum absolute atomic E-state index is 0.169. The minimum Gasteiger partial charge on any atom is -0.355 e. The summed E-state index contributed by atoms with van der Waals surface area (Å²) in [6.07, 6.45) is 5.97. The summed E-state index contributed by atoms with van der Waals surface area (Å²) >= 11 is 0. The Labute approximate surface area is 161 Å². The maximum Gasteiger partial charge on any atom is 0.237 e. The molecule has 0 spiro atoms. The van der Waals surface area contributed by atoms with Crippen molar-refractivity contribution in [2.45, 2.75) is 33.1 Å². The van der Waals surface area contributed by atoms with Gasteiger partial charge in [-0.25, -0.2) is 0 Å². The number of hydrogen-bond acceptors (Lipinski definition) is 3. The summed E-state index contributed by atoms with van der Waals surface area (Å²) in [6, 6.07) is 14.0. The van der Waals surface area contributed by atoms with Gasteiger partial charge < -0.3 is 10.2 Å². The van der Waals surface area contributed by atoms with Gasteiger partial charge in [-0.05, 0) is 56.4 Å². The van der Waals surface area contributed by atoms with Crippen molar-refractivity contribution in [1.29, 1.82) is 0 Å². The molecule has 0 bridgehead atoms. The molecule has 27 heavy (non-hydrogen) atoms. The zero-order valence-electron chi connectivity index (χ0n) is 16.4.